The summed E-state index contributed by atoms with van der Waals surface area (Å²) in [6.07, 6.45) is 0. The van der Waals surface area contributed by atoms with Gasteiger partial charge in [0, 0.05) is 13.1 Å². The Balaban J connectivity index is 2.01. The molecule has 0 radical (unpaired) electrons. The first-order valence-corrected chi connectivity index (χ1v) is 7.58. The van der Waals surface area contributed by atoms with Crippen molar-refractivity contribution in [2.45, 2.75) is 13.0 Å². The quantitative estimate of drug-likeness (QED) is 0.819. The molecule has 24 heavy (non-hydrogen) atoms. The van der Waals surface area contributed by atoms with E-state index < -0.39 is 0 Å². The molecule has 5 heteroatoms. The average Bonchev–Trinajstić information content (AvgIpc) is 2.65. The summed E-state index contributed by atoms with van der Waals surface area (Å²) in [7, 11) is 3.24. The van der Waals surface area contributed by atoms with Crippen LogP contribution in [0.3, 0.4) is 0 Å². The Morgan fingerprint density at radius 2 is 1.92 bits per heavy atom. The van der Waals surface area contributed by atoms with Crippen LogP contribution in [0.25, 0.3) is 0 Å². The van der Waals surface area contributed by atoms with Crippen molar-refractivity contribution in [2.75, 3.05) is 20.8 Å². The van der Waals surface area contributed by atoms with Crippen molar-refractivity contribution >= 4 is 5.91 Å². The van der Waals surface area contributed by atoms with Gasteiger partial charge in [0.05, 0.1) is 24.8 Å². The largest absolute Gasteiger partial charge is 0.493 e. The van der Waals surface area contributed by atoms with E-state index in [-0.39, 0.29) is 18.6 Å². The number of likely N-dealkylation sites (N-methyl/N-ethyl adjacent to an activating group) is 1. The van der Waals surface area contributed by atoms with E-state index in [2.05, 4.69) is 0 Å². The molecule has 0 bridgehead atoms. The van der Waals surface area contributed by atoms with Crippen LogP contribution in [0.2, 0.25) is 0 Å². The maximum Gasteiger partial charge on any atom is 0.260 e. The fraction of sp³-hybridized carbons (Fsp3) is 0.263. The third kappa shape index (κ3) is 4.05. The maximum absolute atomic E-state index is 12.4. The average molecular weight is 324 g/mol. The number of methoxy groups -OCH3 is 1. The van der Waals surface area contributed by atoms with Gasteiger partial charge in [0.2, 0.25) is 0 Å². The van der Waals surface area contributed by atoms with Crippen molar-refractivity contribution in [1.82, 2.24) is 4.90 Å². The van der Waals surface area contributed by atoms with Crippen LogP contribution in [-0.4, -0.2) is 31.6 Å². The zero-order valence-corrected chi connectivity index (χ0v) is 14.0. The fourth-order valence-electron chi connectivity index (χ4n) is 2.27. The Kier molecular flexibility index (Phi) is 5.80. The van der Waals surface area contributed by atoms with Crippen molar-refractivity contribution < 1.29 is 14.3 Å². The van der Waals surface area contributed by atoms with Crippen LogP contribution in [0.1, 0.15) is 24.1 Å². The number of carbonyl (C=O) groups excluding carboxylic acids is 1. The van der Waals surface area contributed by atoms with E-state index in [1.165, 1.54) is 7.11 Å². The first kappa shape index (κ1) is 17.4. The van der Waals surface area contributed by atoms with E-state index >= 15 is 0 Å². The Bertz CT molecular complexity index is 738. The lowest BCUT2D eigenvalue weighted by atomic mass is 10.1. The Morgan fingerprint density at radius 3 is 2.54 bits per heavy atom. The molecule has 1 amide bonds. The van der Waals surface area contributed by atoms with Gasteiger partial charge >= 0.3 is 0 Å². The van der Waals surface area contributed by atoms with Gasteiger partial charge in [-0.05, 0) is 24.6 Å². The van der Waals surface area contributed by atoms with Gasteiger partial charge in [-0.2, -0.15) is 5.26 Å². The molecular weight excluding hydrogens is 304 g/mol. The molecule has 0 spiro atoms. The Hall–Kier alpha value is -3.00. The monoisotopic (exact) mass is 324 g/mol. The van der Waals surface area contributed by atoms with Gasteiger partial charge in [-0.25, -0.2) is 0 Å². The van der Waals surface area contributed by atoms with Crippen LogP contribution < -0.4 is 9.47 Å². The second-order valence-corrected chi connectivity index (χ2v) is 5.36. The molecule has 0 heterocycles. The molecule has 0 saturated heterocycles. The molecule has 5 nitrogen and oxygen atoms in total. The zero-order valence-electron chi connectivity index (χ0n) is 14.0. The summed E-state index contributed by atoms with van der Waals surface area (Å²) in [6, 6.07) is 16.6. The molecule has 1 atom stereocenters. The molecular formula is C19H20N2O3. The number of hydrogen-bond acceptors (Lipinski definition) is 4. The molecule has 2 aromatic rings. The number of nitriles is 1. The Morgan fingerprint density at radius 1 is 1.21 bits per heavy atom. The van der Waals surface area contributed by atoms with Crippen molar-refractivity contribution in [1.29, 1.82) is 5.26 Å². The number of amides is 1. The van der Waals surface area contributed by atoms with Crippen LogP contribution in [0.4, 0.5) is 0 Å². The normalized spacial score (nSPS) is 11.2. The van der Waals surface area contributed by atoms with Crippen molar-refractivity contribution in [3.63, 3.8) is 0 Å². The minimum Gasteiger partial charge on any atom is -0.493 e. The third-order valence-corrected chi connectivity index (χ3v) is 3.90. The summed E-state index contributed by atoms with van der Waals surface area (Å²) >= 11 is 0. The topological polar surface area (TPSA) is 62.6 Å². The van der Waals surface area contributed by atoms with Crippen LogP contribution in [-0.2, 0) is 4.79 Å². The van der Waals surface area contributed by atoms with Crippen LogP contribution in [0.5, 0.6) is 11.5 Å². The smallest absolute Gasteiger partial charge is 0.260 e. The summed E-state index contributed by atoms with van der Waals surface area (Å²) < 4.78 is 10.8. The van der Waals surface area contributed by atoms with Crippen molar-refractivity contribution in [3.8, 4) is 17.6 Å². The van der Waals surface area contributed by atoms with E-state index in [0.717, 1.165) is 5.56 Å². The second kappa shape index (κ2) is 8.02. The zero-order chi connectivity index (χ0) is 17.5. The summed E-state index contributed by atoms with van der Waals surface area (Å²) in [5.74, 6) is 0.726. The maximum atomic E-state index is 12.4. The number of nitrogens with zero attached hydrogens (tertiary/aromatic N) is 2. The molecule has 0 aliphatic heterocycles. The minimum atomic E-state index is -0.141. The van der Waals surface area contributed by atoms with E-state index in [1.54, 1.807) is 30.1 Å². The van der Waals surface area contributed by atoms with Gasteiger partial charge in [0.15, 0.2) is 18.1 Å². The standard InChI is InChI=1S/C19H20N2O3/c1-14(16-7-5-4-6-8-16)21(2)19(22)13-24-17-10-9-15(12-20)11-18(17)23-3/h4-11,14H,13H2,1-3H3/t14-/m1/s1. The number of benzene rings is 2. The summed E-state index contributed by atoms with van der Waals surface area (Å²) in [5.41, 5.74) is 1.53. The molecule has 0 N–H and O–H groups in total. The van der Waals surface area contributed by atoms with Gasteiger partial charge in [-0.1, -0.05) is 30.3 Å². The lowest BCUT2D eigenvalue weighted by Gasteiger charge is -2.25. The molecule has 0 aliphatic carbocycles. The van der Waals surface area contributed by atoms with Gasteiger partial charge in [-0.3, -0.25) is 4.79 Å². The molecule has 0 unspecified atom stereocenters. The summed E-state index contributed by atoms with van der Waals surface area (Å²) in [4.78, 5) is 14.0. The highest BCUT2D eigenvalue weighted by Crippen LogP contribution is 2.28. The van der Waals surface area contributed by atoms with E-state index in [9.17, 15) is 4.79 Å². The van der Waals surface area contributed by atoms with Gasteiger partial charge in [0.1, 0.15) is 0 Å². The highest BCUT2D eigenvalue weighted by molar-refractivity contribution is 5.78. The number of rotatable bonds is 6. The van der Waals surface area contributed by atoms with E-state index in [0.29, 0.717) is 17.1 Å². The van der Waals surface area contributed by atoms with Crippen molar-refractivity contribution in [2.24, 2.45) is 0 Å². The van der Waals surface area contributed by atoms with E-state index in [1.807, 2.05) is 43.3 Å². The van der Waals surface area contributed by atoms with Crippen molar-refractivity contribution in [3.05, 3.63) is 59.7 Å². The second-order valence-electron chi connectivity index (χ2n) is 5.36. The first-order valence-electron chi connectivity index (χ1n) is 7.58. The van der Waals surface area contributed by atoms with Gasteiger partial charge in [-0.15, -0.1) is 0 Å². The summed E-state index contributed by atoms with van der Waals surface area (Å²) in [6.45, 7) is 1.87. The molecule has 0 fully saturated rings. The van der Waals surface area contributed by atoms with Gasteiger partial charge < -0.3 is 14.4 Å². The first-order chi connectivity index (χ1) is 11.6. The third-order valence-electron chi connectivity index (χ3n) is 3.90. The van der Waals surface area contributed by atoms with Crippen LogP contribution in [0, 0.1) is 11.3 Å². The number of carbonyl (C=O) groups is 1. The number of ether oxygens (including phenoxy) is 2. The SMILES string of the molecule is COc1cc(C#N)ccc1OCC(=O)N(C)[C@H](C)c1ccccc1. The lowest BCUT2D eigenvalue weighted by molar-refractivity contribution is -0.134. The molecule has 0 saturated carbocycles. The predicted octanol–water partition coefficient (Wildman–Crippen LogP) is 3.17. The lowest BCUT2D eigenvalue weighted by Crippen LogP contribution is -2.33. The highest BCUT2D eigenvalue weighted by Gasteiger charge is 2.18. The molecule has 124 valence electrons. The van der Waals surface area contributed by atoms with Crippen LogP contribution >= 0.6 is 0 Å². The fourth-order valence-corrected chi connectivity index (χ4v) is 2.27. The van der Waals surface area contributed by atoms with Crippen LogP contribution in [0.15, 0.2) is 48.5 Å². The molecule has 0 aromatic heterocycles. The highest BCUT2D eigenvalue weighted by atomic mass is 16.5. The molecule has 0 aliphatic rings. The minimum absolute atomic E-state index is 0.0508. The number of hydrogen-bond donors (Lipinski definition) is 0. The van der Waals surface area contributed by atoms with E-state index in [4.69, 9.17) is 14.7 Å². The molecule has 2 aromatic carbocycles. The predicted molar refractivity (Wildman–Crippen MR) is 90.8 cm³/mol. The Labute approximate surface area is 142 Å². The van der Waals surface area contributed by atoms with Gasteiger partial charge in [0.25, 0.3) is 5.91 Å². The summed E-state index contributed by atoms with van der Waals surface area (Å²) in [5, 5.41) is 8.90. The molecule has 2 rings (SSSR count).